The molecule has 1 aliphatic carbocycles. The zero-order chi connectivity index (χ0) is 21.9. The highest BCUT2D eigenvalue weighted by Gasteiger charge is 2.33. The fourth-order valence-corrected chi connectivity index (χ4v) is 5.89. The van der Waals surface area contributed by atoms with Crippen LogP contribution in [-0.2, 0) is 23.5 Å². The van der Waals surface area contributed by atoms with Crippen LogP contribution in [-0.4, -0.2) is 34.2 Å². The van der Waals surface area contributed by atoms with E-state index in [1.165, 1.54) is 16.2 Å². The van der Waals surface area contributed by atoms with Crippen molar-refractivity contribution in [2.24, 2.45) is 7.05 Å². The van der Waals surface area contributed by atoms with E-state index in [9.17, 15) is 12.8 Å². The maximum Gasteiger partial charge on any atom is 0.269 e. The number of pyridine rings is 1. The quantitative estimate of drug-likeness (QED) is 0.528. The van der Waals surface area contributed by atoms with Gasteiger partial charge < -0.3 is 5.32 Å². The molecule has 9 heteroatoms. The maximum atomic E-state index is 14.8. The van der Waals surface area contributed by atoms with Crippen LogP contribution in [0.5, 0.6) is 0 Å². The zero-order valence-electron chi connectivity index (χ0n) is 17.4. The van der Waals surface area contributed by atoms with E-state index in [0.717, 1.165) is 17.5 Å². The monoisotopic (exact) mass is 439 g/mol. The summed E-state index contributed by atoms with van der Waals surface area (Å²) in [7, 11) is -0.411. The van der Waals surface area contributed by atoms with Crippen molar-refractivity contribution in [3.63, 3.8) is 0 Å². The first-order chi connectivity index (χ1) is 14.8. The Kier molecular flexibility index (Phi) is 4.49. The van der Waals surface area contributed by atoms with Gasteiger partial charge in [0.25, 0.3) is 10.0 Å². The fourth-order valence-electron chi connectivity index (χ4n) is 4.51. The molecule has 0 spiro atoms. The van der Waals surface area contributed by atoms with Crippen molar-refractivity contribution >= 4 is 21.1 Å². The summed E-state index contributed by atoms with van der Waals surface area (Å²) in [6.07, 6.45) is 4.48. The van der Waals surface area contributed by atoms with E-state index in [0.29, 0.717) is 28.8 Å². The fraction of sp³-hybridized carbons (Fsp3) is 0.273. The molecule has 1 atom stereocenters. The lowest BCUT2D eigenvalue weighted by Gasteiger charge is -2.14. The minimum absolute atomic E-state index is 0.0261. The number of nitrogens with one attached hydrogen (secondary N) is 1. The lowest BCUT2D eigenvalue weighted by molar-refractivity contribution is 0.578. The zero-order valence-corrected chi connectivity index (χ0v) is 18.2. The topological polar surface area (TPSA) is 81.8 Å². The molecule has 3 aromatic heterocycles. The Hall–Kier alpha value is -3.04. The van der Waals surface area contributed by atoms with Gasteiger partial charge in [-0.2, -0.15) is 5.10 Å². The Bertz CT molecular complexity index is 1440. The van der Waals surface area contributed by atoms with Crippen molar-refractivity contribution in [1.29, 1.82) is 0 Å². The van der Waals surface area contributed by atoms with Crippen LogP contribution < -0.4 is 5.32 Å². The van der Waals surface area contributed by atoms with Gasteiger partial charge in [0.15, 0.2) is 5.65 Å². The molecule has 0 aliphatic heterocycles. The molecule has 5 rings (SSSR count). The average Bonchev–Trinajstić information content (AvgIpc) is 3.40. The van der Waals surface area contributed by atoms with E-state index in [2.05, 4.69) is 15.4 Å². The molecule has 1 aliphatic rings. The van der Waals surface area contributed by atoms with Gasteiger partial charge in [0.1, 0.15) is 10.7 Å². The summed E-state index contributed by atoms with van der Waals surface area (Å²) in [5.74, 6) is -0.454. The highest BCUT2D eigenvalue weighted by molar-refractivity contribution is 7.90. The predicted molar refractivity (Wildman–Crippen MR) is 116 cm³/mol. The SMILES string of the molecule is CNC1CCc2c1cn(S(=O)(=O)c1cnc3c(c1)c(C)nn3C)c2-c1ccccc1F. The minimum atomic E-state index is -4.02. The summed E-state index contributed by atoms with van der Waals surface area (Å²) in [6, 6.07) is 7.90. The molecule has 160 valence electrons. The Morgan fingerprint density at radius 3 is 2.77 bits per heavy atom. The lowest BCUT2D eigenvalue weighted by atomic mass is 10.1. The summed E-state index contributed by atoms with van der Waals surface area (Å²) >= 11 is 0. The van der Waals surface area contributed by atoms with Crippen LogP contribution in [0.2, 0.25) is 0 Å². The van der Waals surface area contributed by atoms with E-state index >= 15 is 0 Å². The summed E-state index contributed by atoms with van der Waals surface area (Å²) in [5.41, 5.74) is 3.71. The van der Waals surface area contributed by atoms with Gasteiger partial charge in [0.2, 0.25) is 0 Å². The van der Waals surface area contributed by atoms with Crippen LogP contribution >= 0.6 is 0 Å². The first-order valence-corrected chi connectivity index (χ1v) is 11.5. The minimum Gasteiger partial charge on any atom is -0.313 e. The number of benzene rings is 1. The van der Waals surface area contributed by atoms with E-state index in [1.807, 2.05) is 14.0 Å². The molecule has 0 fully saturated rings. The summed E-state index contributed by atoms with van der Waals surface area (Å²) in [6.45, 7) is 1.81. The number of aromatic nitrogens is 4. The molecule has 3 heterocycles. The third-order valence-electron chi connectivity index (χ3n) is 6.04. The van der Waals surface area contributed by atoms with E-state index in [-0.39, 0.29) is 16.5 Å². The molecule has 1 unspecified atom stereocenters. The van der Waals surface area contributed by atoms with Crippen LogP contribution in [0.1, 0.15) is 29.3 Å². The number of nitrogens with zero attached hydrogens (tertiary/aromatic N) is 4. The molecule has 31 heavy (non-hydrogen) atoms. The smallest absolute Gasteiger partial charge is 0.269 e. The third kappa shape index (κ3) is 2.91. The standard InChI is InChI=1S/C22H22FN5O2S/c1-13-17-10-14(11-25-22(17)27(3)26-13)31(29,30)28-12-18-15(8-9-20(18)24-2)21(28)16-6-4-5-7-19(16)23/h4-7,10-12,20,24H,8-9H2,1-3H3. The number of hydrogen-bond donors (Lipinski definition) is 1. The van der Waals surface area contributed by atoms with E-state index in [1.54, 1.807) is 42.2 Å². The van der Waals surface area contributed by atoms with Crippen molar-refractivity contribution in [3.05, 3.63) is 65.4 Å². The van der Waals surface area contributed by atoms with E-state index < -0.39 is 15.8 Å². The first-order valence-electron chi connectivity index (χ1n) is 10.0. The Balaban J connectivity index is 1.77. The van der Waals surface area contributed by atoms with Gasteiger partial charge in [-0.05, 0) is 56.1 Å². The molecule has 1 aromatic carbocycles. The van der Waals surface area contributed by atoms with Gasteiger partial charge in [-0.15, -0.1) is 0 Å². The average molecular weight is 440 g/mol. The molecule has 0 saturated heterocycles. The Morgan fingerprint density at radius 1 is 1.26 bits per heavy atom. The van der Waals surface area contributed by atoms with Crippen LogP contribution in [0.3, 0.4) is 0 Å². The van der Waals surface area contributed by atoms with Gasteiger partial charge in [-0.1, -0.05) is 12.1 Å². The molecule has 0 amide bonds. The number of fused-ring (bicyclic) bond motifs is 2. The predicted octanol–water partition coefficient (Wildman–Crippen LogP) is 3.33. The molecule has 4 aromatic rings. The van der Waals surface area contributed by atoms with E-state index in [4.69, 9.17) is 0 Å². The molecule has 0 bridgehead atoms. The lowest BCUT2D eigenvalue weighted by Crippen LogP contribution is -2.16. The maximum absolute atomic E-state index is 14.8. The van der Waals surface area contributed by atoms with Crippen LogP contribution in [0.15, 0.2) is 47.6 Å². The molecule has 1 N–H and O–H groups in total. The molecule has 7 nitrogen and oxygen atoms in total. The number of halogens is 1. The highest BCUT2D eigenvalue weighted by atomic mass is 32.2. The van der Waals surface area contributed by atoms with Crippen molar-refractivity contribution in [2.75, 3.05) is 7.05 Å². The Labute approximate surface area is 179 Å². The molecular formula is C22H22FN5O2S. The van der Waals surface area contributed by atoms with Gasteiger partial charge in [-0.3, -0.25) is 4.68 Å². The second-order valence-corrected chi connectivity index (χ2v) is 9.64. The van der Waals surface area contributed by atoms with Crippen LogP contribution in [0, 0.1) is 12.7 Å². The first kappa shape index (κ1) is 19.9. The van der Waals surface area contributed by atoms with Crippen molar-refractivity contribution in [1.82, 2.24) is 24.1 Å². The number of aryl methyl sites for hydroxylation is 2. The second-order valence-electron chi connectivity index (χ2n) is 7.82. The third-order valence-corrected chi connectivity index (χ3v) is 7.67. The van der Waals surface area contributed by atoms with Crippen LogP contribution in [0.4, 0.5) is 4.39 Å². The Morgan fingerprint density at radius 2 is 2.03 bits per heavy atom. The van der Waals surface area contributed by atoms with Gasteiger partial charge in [0.05, 0.1) is 11.4 Å². The van der Waals surface area contributed by atoms with Crippen molar-refractivity contribution in [2.45, 2.75) is 30.7 Å². The van der Waals surface area contributed by atoms with Crippen molar-refractivity contribution < 1.29 is 12.8 Å². The number of rotatable bonds is 4. The molecular weight excluding hydrogens is 417 g/mol. The van der Waals surface area contributed by atoms with Crippen LogP contribution in [0.25, 0.3) is 22.3 Å². The molecule has 0 radical (unpaired) electrons. The molecule has 0 saturated carbocycles. The number of hydrogen-bond acceptors (Lipinski definition) is 5. The second kappa shape index (κ2) is 7.00. The normalized spacial score (nSPS) is 16.2. The largest absolute Gasteiger partial charge is 0.313 e. The highest BCUT2D eigenvalue weighted by Crippen LogP contribution is 2.41. The summed E-state index contributed by atoms with van der Waals surface area (Å²) in [5, 5.41) is 8.22. The van der Waals surface area contributed by atoms with Gasteiger partial charge in [0, 0.05) is 36.4 Å². The summed E-state index contributed by atoms with van der Waals surface area (Å²) in [4.78, 5) is 4.37. The van der Waals surface area contributed by atoms with Gasteiger partial charge >= 0.3 is 0 Å². The summed E-state index contributed by atoms with van der Waals surface area (Å²) < 4.78 is 45.1. The van der Waals surface area contributed by atoms with Gasteiger partial charge in [-0.25, -0.2) is 21.8 Å². The van der Waals surface area contributed by atoms with Crippen molar-refractivity contribution in [3.8, 4) is 11.3 Å².